The van der Waals surface area contributed by atoms with Crippen LogP contribution in [0.5, 0.6) is 0 Å². The van der Waals surface area contributed by atoms with Gasteiger partial charge in [0.15, 0.2) is 0 Å². The molecule has 0 saturated heterocycles. The fourth-order valence-electron chi connectivity index (χ4n) is 1.69. The molecular formula is C15H23NO. The molecule has 2 heteroatoms. The Morgan fingerprint density at radius 1 is 1.29 bits per heavy atom. The van der Waals surface area contributed by atoms with Gasteiger partial charge >= 0.3 is 0 Å². The number of hydrogen-bond acceptors (Lipinski definition) is 2. The zero-order chi connectivity index (χ0) is 12.3. The molecule has 0 aromatic heterocycles. The van der Waals surface area contributed by atoms with Gasteiger partial charge in [0.2, 0.25) is 0 Å². The summed E-state index contributed by atoms with van der Waals surface area (Å²) in [6.07, 6.45) is 3.87. The van der Waals surface area contributed by atoms with Crippen molar-refractivity contribution in [2.75, 3.05) is 19.8 Å². The summed E-state index contributed by atoms with van der Waals surface area (Å²) in [5.74, 6) is 0. The second kappa shape index (κ2) is 8.97. The first-order chi connectivity index (χ1) is 8.33. The lowest BCUT2D eigenvalue weighted by Crippen LogP contribution is -2.31. The molecule has 1 unspecified atom stereocenters. The third-order valence-electron chi connectivity index (χ3n) is 2.59. The second-order valence-electron chi connectivity index (χ2n) is 4.23. The van der Waals surface area contributed by atoms with Gasteiger partial charge in [0, 0.05) is 12.6 Å². The Hall–Kier alpha value is -1.12. The van der Waals surface area contributed by atoms with E-state index in [1.165, 1.54) is 5.56 Å². The van der Waals surface area contributed by atoms with Gasteiger partial charge in [0.25, 0.3) is 0 Å². The van der Waals surface area contributed by atoms with Crippen LogP contribution in [0.3, 0.4) is 0 Å². The topological polar surface area (TPSA) is 21.3 Å². The van der Waals surface area contributed by atoms with Crippen LogP contribution in [0.4, 0.5) is 0 Å². The average molecular weight is 233 g/mol. The Bertz CT molecular complexity index is 297. The summed E-state index contributed by atoms with van der Waals surface area (Å²) in [4.78, 5) is 0. The van der Waals surface area contributed by atoms with Crippen molar-refractivity contribution in [3.63, 3.8) is 0 Å². The predicted molar refractivity (Wildman–Crippen MR) is 73.2 cm³/mol. The SMILES string of the molecule is C=CCCOCCNC(C)Cc1ccccc1. The van der Waals surface area contributed by atoms with Crippen molar-refractivity contribution in [1.29, 1.82) is 0 Å². The maximum Gasteiger partial charge on any atom is 0.0591 e. The minimum absolute atomic E-state index is 0.486. The van der Waals surface area contributed by atoms with E-state index < -0.39 is 0 Å². The quantitative estimate of drug-likeness (QED) is 0.523. The van der Waals surface area contributed by atoms with Gasteiger partial charge in [-0.25, -0.2) is 0 Å². The van der Waals surface area contributed by atoms with Crippen LogP contribution >= 0.6 is 0 Å². The molecule has 1 N–H and O–H groups in total. The predicted octanol–water partition coefficient (Wildman–Crippen LogP) is 2.80. The molecule has 1 rings (SSSR count). The van der Waals surface area contributed by atoms with Crippen LogP contribution in [0, 0.1) is 0 Å². The molecule has 0 radical (unpaired) electrons. The fourth-order valence-corrected chi connectivity index (χ4v) is 1.69. The highest BCUT2D eigenvalue weighted by molar-refractivity contribution is 5.15. The Labute approximate surface area is 105 Å². The maximum absolute atomic E-state index is 5.44. The molecule has 0 spiro atoms. The minimum atomic E-state index is 0.486. The van der Waals surface area contributed by atoms with Crippen LogP contribution in [0.25, 0.3) is 0 Å². The molecule has 0 bridgehead atoms. The second-order valence-corrected chi connectivity index (χ2v) is 4.23. The Morgan fingerprint density at radius 2 is 2.06 bits per heavy atom. The van der Waals surface area contributed by atoms with Gasteiger partial charge in [-0.15, -0.1) is 6.58 Å². The first-order valence-corrected chi connectivity index (χ1v) is 6.29. The highest BCUT2D eigenvalue weighted by Gasteiger charge is 2.01. The van der Waals surface area contributed by atoms with E-state index in [1.54, 1.807) is 0 Å². The maximum atomic E-state index is 5.44. The monoisotopic (exact) mass is 233 g/mol. The Morgan fingerprint density at radius 3 is 2.76 bits per heavy atom. The van der Waals surface area contributed by atoms with Crippen molar-refractivity contribution in [2.24, 2.45) is 0 Å². The van der Waals surface area contributed by atoms with Crippen molar-refractivity contribution in [1.82, 2.24) is 5.32 Å². The summed E-state index contributed by atoms with van der Waals surface area (Å²) in [5, 5.41) is 3.46. The van der Waals surface area contributed by atoms with Crippen molar-refractivity contribution in [3.05, 3.63) is 48.6 Å². The zero-order valence-electron chi connectivity index (χ0n) is 10.7. The number of nitrogens with one attached hydrogen (secondary N) is 1. The summed E-state index contributed by atoms with van der Waals surface area (Å²) < 4.78 is 5.44. The summed E-state index contributed by atoms with van der Waals surface area (Å²) in [7, 11) is 0. The van der Waals surface area contributed by atoms with Crippen molar-refractivity contribution < 1.29 is 4.74 Å². The first kappa shape index (κ1) is 13.9. The van der Waals surface area contributed by atoms with Gasteiger partial charge in [0.05, 0.1) is 13.2 Å². The third kappa shape index (κ3) is 6.93. The van der Waals surface area contributed by atoms with Crippen LogP contribution < -0.4 is 5.32 Å². The molecule has 0 amide bonds. The minimum Gasteiger partial charge on any atom is -0.380 e. The normalized spacial score (nSPS) is 12.3. The van der Waals surface area contributed by atoms with E-state index in [2.05, 4.69) is 49.2 Å². The molecule has 1 aromatic carbocycles. The van der Waals surface area contributed by atoms with Crippen LogP contribution in [-0.2, 0) is 11.2 Å². The van der Waals surface area contributed by atoms with E-state index in [1.807, 2.05) is 6.08 Å². The lowest BCUT2D eigenvalue weighted by Gasteiger charge is -2.13. The smallest absolute Gasteiger partial charge is 0.0591 e. The largest absolute Gasteiger partial charge is 0.380 e. The lowest BCUT2D eigenvalue weighted by molar-refractivity contribution is 0.138. The molecule has 17 heavy (non-hydrogen) atoms. The standard InChI is InChI=1S/C15H23NO/c1-3-4-11-17-12-10-16-14(2)13-15-8-6-5-7-9-15/h3,5-9,14,16H,1,4,10-13H2,2H3. The summed E-state index contributed by atoms with van der Waals surface area (Å²) in [6.45, 7) is 8.32. The van der Waals surface area contributed by atoms with Gasteiger partial charge < -0.3 is 10.1 Å². The summed E-state index contributed by atoms with van der Waals surface area (Å²) >= 11 is 0. The van der Waals surface area contributed by atoms with E-state index in [-0.39, 0.29) is 0 Å². The first-order valence-electron chi connectivity index (χ1n) is 6.29. The number of benzene rings is 1. The molecule has 0 heterocycles. The Balaban J connectivity index is 2.05. The molecule has 0 aliphatic carbocycles. The molecule has 94 valence electrons. The van der Waals surface area contributed by atoms with Crippen LogP contribution in [-0.4, -0.2) is 25.8 Å². The highest BCUT2D eigenvalue weighted by Crippen LogP contribution is 2.02. The number of hydrogen-bond donors (Lipinski definition) is 1. The molecule has 0 aliphatic heterocycles. The van der Waals surface area contributed by atoms with Crippen LogP contribution in [0.1, 0.15) is 18.9 Å². The van der Waals surface area contributed by atoms with E-state index in [0.29, 0.717) is 6.04 Å². The molecule has 2 nitrogen and oxygen atoms in total. The molecule has 1 aromatic rings. The lowest BCUT2D eigenvalue weighted by atomic mass is 10.1. The third-order valence-corrected chi connectivity index (χ3v) is 2.59. The Kier molecular flexibility index (Phi) is 7.35. The molecule has 0 fully saturated rings. The molecule has 0 aliphatic rings. The highest BCUT2D eigenvalue weighted by atomic mass is 16.5. The number of ether oxygens (including phenoxy) is 1. The number of rotatable bonds is 9. The van der Waals surface area contributed by atoms with Gasteiger partial charge in [0.1, 0.15) is 0 Å². The van der Waals surface area contributed by atoms with E-state index in [4.69, 9.17) is 4.74 Å². The van der Waals surface area contributed by atoms with Crippen molar-refractivity contribution >= 4 is 0 Å². The van der Waals surface area contributed by atoms with E-state index in [0.717, 1.165) is 32.6 Å². The summed E-state index contributed by atoms with van der Waals surface area (Å²) in [5.41, 5.74) is 1.38. The van der Waals surface area contributed by atoms with E-state index in [9.17, 15) is 0 Å². The molecule has 0 saturated carbocycles. The zero-order valence-corrected chi connectivity index (χ0v) is 10.7. The van der Waals surface area contributed by atoms with Crippen molar-refractivity contribution in [3.8, 4) is 0 Å². The summed E-state index contributed by atoms with van der Waals surface area (Å²) in [6, 6.07) is 11.0. The van der Waals surface area contributed by atoms with Gasteiger partial charge in [-0.05, 0) is 25.3 Å². The van der Waals surface area contributed by atoms with Gasteiger partial charge in [-0.1, -0.05) is 36.4 Å². The van der Waals surface area contributed by atoms with Crippen LogP contribution in [0.2, 0.25) is 0 Å². The van der Waals surface area contributed by atoms with Crippen LogP contribution in [0.15, 0.2) is 43.0 Å². The molecular weight excluding hydrogens is 210 g/mol. The molecule has 1 atom stereocenters. The van der Waals surface area contributed by atoms with Gasteiger partial charge in [-0.3, -0.25) is 0 Å². The van der Waals surface area contributed by atoms with E-state index >= 15 is 0 Å². The van der Waals surface area contributed by atoms with Gasteiger partial charge in [-0.2, -0.15) is 0 Å². The van der Waals surface area contributed by atoms with Crippen molar-refractivity contribution in [2.45, 2.75) is 25.8 Å². The average Bonchev–Trinajstić information content (AvgIpc) is 2.35. The fraction of sp³-hybridized carbons (Fsp3) is 0.467.